The van der Waals surface area contributed by atoms with Crippen LogP contribution in [0.3, 0.4) is 0 Å². The predicted octanol–water partition coefficient (Wildman–Crippen LogP) is 6.50. The standard InChI is InChI=1S/C25H32N4O3.C21H23N3O3/c1-5-10-26-19-8-11-28(12-9-19)20-13-17(2)25-27-21(15-24(30)29(25)16-20)18-6-7-22(31-3)23(14-18)32-4;1-26-18-7-5-14(10-19(18)27-2)17-11-21(25)24-13-16(6-8-20(24)23-17)15-4-3-9-22-12-15/h6-7,13-16,19,26H,5,8-12H2,1-4H3;5-8,10-11,13,15,22H,3-4,9,12H2,1-2H3. The van der Waals surface area contributed by atoms with Gasteiger partial charge in [0.15, 0.2) is 23.0 Å². The molecule has 2 saturated heterocycles. The molecule has 6 heterocycles. The van der Waals surface area contributed by atoms with E-state index in [-0.39, 0.29) is 11.1 Å². The topological polar surface area (TPSA) is 133 Å². The van der Waals surface area contributed by atoms with Crippen LogP contribution in [-0.4, -0.2) is 86.0 Å². The van der Waals surface area contributed by atoms with Gasteiger partial charge in [-0.05, 0) is 118 Å². The summed E-state index contributed by atoms with van der Waals surface area (Å²) in [5, 5.41) is 7.04. The zero-order valence-electron chi connectivity index (χ0n) is 34.9. The fraction of sp³-hybridized carbons (Fsp3) is 0.391. The highest BCUT2D eigenvalue weighted by molar-refractivity contribution is 5.68. The highest BCUT2D eigenvalue weighted by Gasteiger charge is 2.21. The summed E-state index contributed by atoms with van der Waals surface area (Å²) in [5.41, 5.74) is 7.23. The van der Waals surface area contributed by atoms with Gasteiger partial charge in [-0.25, -0.2) is 9.97 Å². The highest BCUT2D eigenvalue weighted by Crippen LogP contribution is 2.33. The summed E-state index contributed by atoms with van der Waals surface area (Å²) >= 11 is 0. The molecule has 2 fully saturated rings. The lowest BCUT2D eigenvalue weighted by Gasteiger charge is -2.34. The summed E-state index contributed by atoms with van der Waals surface area (Å²) in [6.45, 7) is 9.28. The average molecular weight is 802 g/mol. The van der Waals surface area contributed by atoms with E-state index in [1.165, 1.54) is 5.56 Å². The van der Waals surface area contributed by atoms with E-state index < -0.39 is 0 Å². The Morgan fingerprint density at radius 3 is 1.95 bits per heavy atom. The molecule has 4 aromatic heterocycles. The first-order chi connectivity index (χ1) is 28.7. The van der Waals surface area contributed by atoms with Gasteiger partial charge in [0.25, 0.3) is 11.1 Å². The van der Waals surface area contributed by atoms with Gasteiger partial charge in [-0.3, -0.25) is 18.4 Å². The third-order valence-corrected chi connectivity index (χ3v) is 11.3. The Labute approximate surface area is 344 Å². The van der Waals surface area contributed by atoms with E-state index in [1.54, 1.807) is 49.4 Å². The molecule has 0 aliphatic carbocycles. The van der Waals surface area contributed by atoms with Crippen molar-refractivity contribution in [1.82, 2.24) is 29.4 Å². The molecular formula is C46H55N7O6. The summed E-state index contributed by atoms with van der Waals surface area (Å²) in [6.07, 6.45) is 9.55. The third-order valence-electron chi connectivity index (χ3n) is 11.3. The smallest absolute Gasteiger partial charge is 0.258 e. The maximum absolute atomic E-state index is 13.0. The van der Waals surface area contributed by atoms with E-state index in [0.717, 1.165) is 87.2 Å². The van der Waals surface area contributed by atoms with Crippen molar-refractivity contribution in [1.29, 1.82) is 0 Å². The van der Waals surface area contributed by atoms with Crippen LogP contribution < -0.4 is 45.6 Å². The molecule has 0 spiro atoms. The molecule has 0 bridgehead atoms. The van der Waals surface area contributed by atoms with Crippen molar-refractivity contribution >= 4 is 17.0 Å². The fourth-order valence-corrected chi connectivity index (χ4v) is 8.00. The number of hydrogen-bond donors (Lipinski definition) is 2. The lowest BCUT2D eigenvalue weighted by molar-refractivity contribution is 0.355. The zero-order chi connectivity index (χ0) is 41.5. The van der Waals surface area contributed by atoms with E-state index in [1.807, 2.05) is 61.8 Å². The lowest BCUT2D eigenvalue weighted by Crippen LogP contribution is -2.43. The van der Waals surface area contributed by atoms with Crippen LogP contribution in [0.25, 0.3) is 33.8 Å². The number of rotatable bonds is 11. The second kappa shape index (κ2) is 18.8. The molecule has 13 nitrogen and oxygen atoms in total. The molecule has 13 heteroatoms. The minimum absolute atomic E-state index is 0.0876. The van der Waals surface area contributed by atoms with Crippen molar-refractivity contribution in [2.24, 2.45) is 0 Å². The van der Waals surface area contributed by atoms with Crippen molar-refractivity contribution in [2.75, 3.05) is 66.1 Å². The van der Waals surface area contributed by atoms with E-state index >= 15 is 0 Å². The highest BCUT2D eigenvalue weighted by atomic mass is 16.5. The monoisotopic (exact) mass is 801 g/mol. The molecule has 0 amide bonds. The third kappa shape index (κ3) is 9.21. The van der Waals surface area contributed by atoms with Crippen LogP contribution in [0.4, 0.5) is 5.69 Å². The molecule has 2 N–H and O–H groups in total. The number of hydrogen-bond acceptors (Lipinski definition) is 11. The molecule has 2 aliphatic heterocycles. The van der Waals surface area contributed by atoms with E-state index in [4.69, 9.17) is 23.9 Å². The van der Waals surface area contributed by atoms with Crippen LogP contribution >= 0.6 is 0 Å². The molecule has 1 atom stereocenters. The Hall–Kier alpha value is -5.92. The SMILES string of the molecule is CCCNC1CCN(c2cc(C)c3nc(-c4ccc(OC)c(OC)c4)cc(=O)n3c2)CC1.COc1ccc(-c2cc(=O)n3cc(C4CCCNC4)ccc3n2)cc1OC. The second-order valence-electron chi connectivity index (χ2n) is 15.1. The van der Waals surface area contributed by atoms with Gasteiger partial charge in [0.05, 0.1) is 45.5 Å². The summed E-state index contributed by atoms with van der Waals surface area (Å²) in [4.78, 5) is 37.6. The van der Waals surface area contributed by atoms with Crippen molar-refractivity contribution in [3.63, 3.8) is 0 Å². The van der Waals surface area contributed by atoms with Gasteiger partial charge in [-0.2, -0.15) is 0 Å². The Morgan fingerprint density at radius 2 is 1.36 bits per heavy atom. The lowest BCUT2D eigenvalue weighted by atomic mass is 9.93. The van der Waals surface area contributed by atoms with Crippen LogP contribution in [0.15, 0.2) is 88.7 Å². The molecule has 0 saturated carbocycles. The van der Waals surface area contributed by atoms with Crippen LogP contribution in [0.1, 0.15) is 56.1 Å². The minimum atomic E-state index is -0.0933. The average Bonchev–Trinajstić information content (AvgIpc) is 3.28. The van der Waals surface area contributed by atoms with E-state index in [0.29, 0.717) is 57.6 Å². The number of anilines is 1. The van der Waals surface area contributed by atoms with Crippen LogP contribution in [0, 0.1) is 6.92 Å². The number of aromatic nitrogens is 4. The van der Waals surface area contributed by atoms with Crippen LogP contribution in [0.2, 0.25) is 0 Å². The molecule has 310 valence electrons. The van der Waals surface area contributed by atoms with Crippen molar-refractivity contribution in [3.05, 3.63) is 111 Å². The second-order valence-corrected chi connectivity index (χ2v) is 15.1. The molecule has 0 radical (unpaired) electrons. The fourth-order valence-electron chi connectivity index (χ4n) is 8.00. The number of methoxy groups -OCH3 is 4. The number of ether oxygens (including phenoxy) is 4. The van der Waals surface area contributed by atoms with Gasteiger partial charge in [-0.1, -0.05) is 13.0 Å². The van der Waals surface area contributed by atoms with Gasteiger partial charge >= 0.3 is 0 Å². The predicted molar refractivity (Wildman–Crippen MR) is 233 cm³/mol. The van der Waals surface area contributed by atoms with Gasteiger partial charge < -0.3 is 34.5 Å². The largest absolute Gasteiger partial charge is 0.493 e. The molecule has 2 aromatic carbocycles. The van der Waals surface area contributed by atoms with Gasteiger partial charge in [0.1, 0.15) is 11.3 Å². The number of piperidine rings is 2. The van der Waals surface area contributed by atoms with Gasteiger partial charge in [0, 0.05) is 61.3 Å². The van der Waals surface area contributed by atoms with Gasteiger partial charge in [-0.15, -0.1) is 0 Å². The number of fused-ring (bicyclic) bond motifs is 2. The van der Waals surface area contributed by atoms with E-state index in [2.05, 4.69) is 39.6 Å². The summed E-state index contributed by atoms with van der Waals surface area (Å²) in [6, 6.07) is 21.0. The molecule has 6 aromatic rings. The van der Waals surface area contributed by atoms with Crippen molar-refractivity contribution < 1.29 is 18.9 Å². The first kappa shape index (κ1) is 41.2. The Balaban J connectivity index is 0.000000181. The Morgan fingerprint density at radius 1 is 0.729 bits per heavy atom. The number of nitrogens with zero attached hydrogens (tertiary/aromatic N) is 5. The quantitative estimate of drug-likeness (QED) is 0.149. The molecular weight excluding hydrogens is 747 g/mol. The van der Waals surface area contributed by atoms with Crippen molar-refractivity contribution in [3.8, 4) is 45.5 Å². The van der Waals surface area contributed by atoms with E-state index in [9.17, 15) is 9.59 Å². The number of nitrogens with one attached hydrogen (secondary N) is 2. The first-order valence-corrected chi connectivity index (χ1v) is 20.4. The van der Waals surface area contributed by atoms with Gasteiger partial charge in [0.2, 0.25) is 0 Å². The molecule has 59 heavy (non-hydrogen) atoms. The Bertz CT molecular complexity index is 2520. The maximum Gasteiger partial charge on any atom is 0.258 e. The van der Waals surface area contributed by atoms with Crippen LogP contribution in [0.5, 0.6) is 23.0 Å². The summed E-state index contributed by atoms with van der Waals surface area (Å²) in [7, 11) is 6.38. The minimum Gasteiger partial charge on any atom is -0.493 e. The molecule has 8 rings (SSSR count). The number of pyridine rings is 2. The molecule has 2 aliphatic rings. The normalized spacial score (nSPS) is 15.8. The van der Waals surface area contributed by atoms with Crippen LogP contribution in [-0.2, 0) is 0 Å². The first-order valence-electron chi connectivity index (χ1n) is 20.4. The Kier molecular flexibility index (Phi) is 13.1. The number of benzene rings is 2. The maximum atomic E-state index is 13.0. The zero-order valence-corrected chi connectivity index (χ0v) is 34.9. The summed E-state index contributed by atoms with van der Waals surface area (Å²) < 4.78 is 24.7. The van der Waals surface area contributed by atoms with Crippen molar-refractivity contribution in [2.45, 2.75) is 57.9 Å². The molecule has 1 unspecified atom stereocenters. The number of aryl methyl sites for hydroxylation is 1. The summed E-state index contributed by atoms with van der Waals surface area (Å²) in [5.74, 6) is 2.95.